The van der Waals surface area contributed by atoms with Crippen molar-refractivity contribution in [2.75, 3.05) is 5.88 Å². The van der Waals surface area contributed by atoms with E-state index in [1.165, 1.54) is 0 Å². The molecule has 0 spiro atoms. The Morgan fingerprint density at radius 1 is 1.28 bits per heavy atom. The molecule has 1 aromatic carbocycles. The molecule has 0 aliphatic rings. The summed E-state index contributed by atoms with van der Waals surface area (Å²) in [4.78, 5) is 21.9. The van der Waals surface area contributed by atoms with Gasteiger partial charge in [0.1, 0.15) is 11.6 Å². The lowest BCUT2D eigenvalue weighted by Gasteiger charge is -2.14. The molecule has 0 fully saturated rings. The van der Waals surface area contributed by atoms with Gasteiger partial charge < -0.3 is 10.4 Å². The smallest absolute Gasteiger partial charge is 0.405 e. The SMILES string of the molecule is O=C(O)NC(Cc1cc(F)cc(F)c1)C(=O)CCl. The van der Waals surface area contributed by atoms with Gasteiger partial charge in [0.25, 0.3) is 0 Å². The Bertz CT molecular complexity index is 447. The van der Waals surface area contributed by atoms with Crippen molar-refractivity contribution in [3.05, 3.63) is 35.4 Å². The molecule has 98 valence electrons. The van der Waals surface area contributed by atoms with Crippen LogP contribution in [0.1, 0.15) is 5.56 Å². The Morgan fingerprint density at radius 2 is 1.83 bits per heavy atom. The van der Waals surface area contributed by atoms with E-state index in [1.807, 2.05) is 5.32 Å². The maximum absolute atomic E-state index is 12.9. The lowest BCUT2D eigenvalue weighted by molar-refractivity contribution is -0.118. The highest BCUT2D eigenvalue weighted by atomic mass is 35.5. The van der Waals surface area contributed by atoms with Crippen LogP contribution in [-0.2, 0) is 11.2 Å². The molecule has 7 heteroatoms. The van der Waals surface area contributed by atoms with E-state index in [0.717, 1.165) is 12.1 Å². The van der Waals surface area contributed by atoms with Crippen LogP contribution in [0, 0.1) is 11.6 Å². The second-order valence-electron chi connectivity index (χ2n) is 3.58. The lowest BCUT2D eigenvalue weighted by atomic mass is 10.0. The van der Waals surface area contributed by atoms with Crippen molar-refractivity contribution >= 4 is 23.5 Å². The first kappa shape index (κ1) is 14.4. The van der Waals surface area contributed by atoms with E-state index in [1.54, 1.807) is 0 Å². The Hall–Kier alpha value is -1.69. The molecule has 1 unspecified atom stereocenters. The molecule has 1 atom stereocenters. The van der Waals surface area contributed by atoms with Crippen LogP contribution in [0.2, 0.25) is 0 Å². The first-order valence-corrected chi connectivity index (χ1v) is 5.49. The molecule has 0 aromatic heterocycles. The van der Waals surface area contributed by atoms with Crippen LogP contribution in [0.5, 0.6) is 0 Å². The fourth-order valence-corrected chi connectivity index (χ4v) is 1.64. The average Bonchev–Trinajstić information content (AvgIpc) is 2.25. The zero-order valence-corrected chi connectivity index (χ0v) is 9.88. The summed E-state index contributed by atoms with van der Waals surface area (Å²) in [5.74, 6) is -2.54. The molecule has 0 heterocycles. The van der Waals surface area contributed by atoms with Crippen molar-refractivity contribution in [3.8, 4) is 0 Å². The number of halogens is 3. The molecule has 18 heavy (non-hydrogen) atoms. The minimum atomic E-state index is -1.41. The first-order valence-electron chi connectivity index (χ1n) is 4.95. The zero-order chi connectivity index (χ0) is 13.7. The third kappa shape index (κ3) is 4.29. The van der Waals surface area contributed by atoms with Crippen LogP contribution in [-0.4, -0.2) is 28.9 Å². The summed E-state index contributed by atoms with van der Waals surface area (Å²) in [7, 11) is 0. The van der Waals surface area contributed by atoms with Gasteiger partial charge in [-0.05, 0) is 17.7 Å². The minimum absolute atomic E-state index is 0.160. The molecule has 1 rings (SSSR count). The van der Waals surface area contributed by atoms with E-state index in [2.05, 4.69) is 0 Å². The Labute approximate surface area is 107 Å². The molecular formula is C11H10ClF2NO3. The number of hydrogen-bond donors (Lipinski definition) is 2. The predicted molar refractivity (Wildman–Crippen MR) is 60.7 cm³/mol. The zero-order valence-electron chi connectivity index (χ0n) is 9.12. The Morgan fingerprint density at radius 3 is 2.28 bits per heavy atom. The van der Waals surface area contributed by atoms with Crippen LogP contribution in [0.15, 0.2) is 18.2 Å². The van der Waals surface area contributed by atoms with Gasteiger partial charge in [-0.3, -0.25) is 4.79 Å². The van der Waals surface area contributed by atoms with Crippen molar-refractivity contribution in [2.24, 2.45) is 0 Å². The first-order chi connectivity index (χ1) is 8.42. The summed E-state index contributed by atoms with van der Waals surface area (Å²) < 4.78 is 25.9. The quantitative estimate of drug-likeness (QED) is 0.809. The molecule has 0 aliphatic heterocycles. The number of amides is 1. The number of hydrogen-bond acceptors (Lipinski definition) is 2. The standard InChI is InChI=1S/C11H10ClF2NO3/c12-5-10(16)9(15-11(17)18)3-6-1-7(13)4-8(14)2-6/h1-2,4,9,15H,3,5H2,(H,17,18). The van der Waals surface area contributed by atoms with Gasteiger partial charge in [-0.1, -0.05) is 0 Å². The summed E-state index contributed by atoms with van der Waals surface area (Å²) in [6.45, 7) is 0. The second-order valence-corrected chi connectivity index (χ2v) is 3.85. The largest absolute Gasteiger partial charge is 0.465 e. The van der Waals surface area contributed by atoms with Crippen molar-refractivity contribution in [3.63, 3.8) is 0 Å². The van der Waals surface area contributed by atoms with E-state index in [-0.39, 0.29) is 17.9 Å². The van der Waals surface area contributed by atoms with Crippen LogP contribution in [0.4, 0.5) is 13.6 Å². The number of carbonyl (C=O) groups excluding carboxylic acids is 1. The third-order valence-corrected chi connectivity index (χ3v) is 2.44. The average molecular weight is 278 g/mol. The number of carbonyl (C=O) groups is 2. The second kappa shape index (κ2) is 6.30. The molecular weight excluding hydrogens is 268 g/mol. The maximum atomic E-state index is 12.9. The fourth-order valence-electron chi connectivity index (χ4n) is 1.45. The number of benzene rings is 1. The summed E-state index contributed by atoms with van der Waals surface area (Å²) >= 11 is 5.33. The Balaban J connectivity index is 2.88. The van der Waals surface area contributed by atoms with Gasteiger partial charge in [0.05, 0.1) is 11.9 Å². The molecule has 0 saturated heterocycles. The van der Waals surface area contributed by atoms with Crippen LogP contribution >= 0.6 is 11.6 Å². The van der Waals surface area contributed by atoms with Crippen molar-refractivity contribution in [2.45, 2.75) is 12.5 Å². The summed E-state index contributed by atoms with van der Waals surface area (Å²) in [5, 5.41) is 10.5. The minimum Gasteiger partial charge on any atom is -0.465 e. The monoisotopic (exact) mass is 277 g/mol. The highest BCUT2D eigenvalue weighted by Gasteiger charge is 2.20. The highest BCUT2D eigenvalue weighted by Crippen LogP contribution is 2.11. The number of rotatable bonds is 5. The molecule has 4 nitrogen and oxygen atoms in total. The van der Waals surface area contributed by atoms with Crippen LogP contribution in [0.25, 0.3) is 0 Å². The summed E-state index contributed by atoms with van der Waals surface area (Å²) in [6.07, 6.45) is -1.57. The van der Waals surface area contributed by atoms with Gasteiger partial charge in [-0.15, -0.1) is 11.6 Å². The maximum Gasteiger partial charge on any atom is 0.405 e. The van der Waals surface area contributed by atoms with Gasteiger partial charge in [-0.25, -0.2) is 13.6 Å². The predicted octanol–water partition coefficient (Wildman–Crippen LogP) is 1.95. The van der Waals surface area contributed by atoms with Gasteiger partial charge in [-0.2, -0.15) is 0 Å². The van der Waals surface area contributed by atoms with Gasteiger partial charge >= 0.3 is 6.09 Å². The van der Waals surface area contributed by atoms with Gasteiger partial charge in [0.15, 0.2) is 5.78 Å². The summed E-state index contributed by atoms with van der Waals surface area (Å²) in [5.41, 5.74) is 0.171. The molecule has 0 aliphatic carbocycles. The molecule has 2 N–H and O–H groups in total. The van der Waals surface area contributed by atoms with Gasteiger partial charge in [0, 0.05) is 12.5 Å². The lowest BCUT2D eigenvalue weighted by Crippen LogP contribution is -2.42. The van der Waals surface area contributed by atoms with Crippen molar-refractivity contribution in [1.82, 2.24) is 5.32 Å². The van der Waals surface area contributed by atoms with Crippen molar-refractivity contribution in [1.29, 1.82) is 0 Å². The highest BCUT2D eigenvalue weighted by molar-refractivity contribution is 6.28. The Kier molecular flexibility index (Phi) is 5.03. The number of ketones is 1. The molecule has 0 saturated carbocycles. The van der Waals surface area contributed by atoms with E-state index < -0.39 is 29.6 Å². The summed E-state index contributed by atoms with van der Waals surface area (Å²) in [6, 6.07) is 1.62. The van der Waals surface area contributed by atoms with Gasteiger partial charge in [0.2, 0.25) is 0 Å². The number of alkyl halides is 1. The van der Waals surface area contributed by atoms with Crippen LogP contribution in [0.3, 0.4) is 0 Å². The third-order valence-electron chi connectivity index (χ3n) is 2.18. The molecule has 1 amide bonds. The van der Waals surface area contributed by atoms with E-state index in [0.29, 0.717) is 6.07 Å². The number of nitrogens with one attached hydrogen (secondary N) is 1. The molecule has 0 radical (unpaired) electrons. The number of Topliss-reactive ketones (excluding diaryl/α,β-unsaturated/α-hetero) is 1. The molecule has 1 aromatic rings. The van der Waals surface area contributed by atoms with Crippen molar-refractivity contribution < 1.29 is 23.5 Å². The van der Waals surface area contributed by atoms with E-state index >= 15 is 0 Å². The van der Waals surface area contributed by atoms with Crippen LogP contribution < -0.4 is 5.32 Å². The topological polar surface area (TPSA) is 66.4 Å². The molecule has 0 bridgehead atoms. The van der Waals surface area contributed by atoms with E-state index in [9.17, 15) is 18.4 Å². The fraction of sp³-hybridized carbons (Fsp3) is 0.273. The normalized spacial score (nSPS) is 11.9. The van der Waals surface area contributed by atoms with E-state index in [4.69, 9.17) is 16.7 Å². The number of carboxylic acid groups (broad SMARTS) is 1.